The summed E-state index contributed by atoms with van der Waals surface area (Å²) >= 11 is 13.0. The molecule has 2 aromatic rings. The van der Waals surface area contributed by atoms with Crippen LogP contribution < -0.4 is 5.32 Å². The van der Waals surface area contributed by atoms with Gasteiger partial charge in [0.05, 0.1) is 10.0 Å². The lowest BCUT2D eigenvalue weighted by Crippen LogP contribution is -1.86. The van der Waals surface area contributed by atoms with Gasteiger partial charge in [0.1, 0.15) is 0 Å². The van der Waals surface area contributed by atoms with E-state index in [2.05, 4.69) is 14.7 Å². The number of aromatic nitrogens is 2. The van der Waals surface area contributed by atoms with Gasteiger partial charge in [0, 0.05) is 24.1 Å². The predicted molar refractivity (Wildman–Crippen MR) is 64.9 cm³/mol. The summed E-state index contributed by atoms with van der Waals surface area (Å²) in [5.41, 5.74) is 0.863. The Morgan fingerprint density at radius 3 is 2.67 bits per heavy atom. The van der Waals surface area contributed by atoms with Crippen molar-refractivity contribution in [2.24, 2.45) is 0 Å². The van der Waals surface area contributed by atoms with Gasteiger partial charge in [-0.2, -0.15) is 9.36 Å². The van der Waals surface area contributed by atoms with Gasteiger partial charge in [0.2, 0.25) is 5.13 Å². The van der Waals surface area contributed by atoms with E-state index in [1.54, 1.807) is 19.2 Å². The molecule has 1 heterocycles. The first kappa shape index (κ1) is 10.7. The normalized spacial score (nSPS) is 10.3. The van der Waals surface area contributed by atoms with Crippen LogP contribution in [0.5, 0.6) is 0 Å². The second-order valence-electron chi connectivity index (χ2n) is 2.80. The summed E-state index contributed by atoms with van der Waals surface area (Å²) in [6.45, 7) is 0. The molecule has 0 atom stereocenters. The van der Waals surface area contributed by atoms with Gasteiger partial charge in [0.15, 0.2) is 5.82 Å². The molecule has 1 aromatic carbocycles. The fourth-order valence-corrected chi connectivity index (χ4v) is 1.91. The lowest BCUT2D eigenvalue weighted by molar-refractivity contribution is 1.31. The van der Waals surface area contributed by atoms with Gasteiger partial charge in [-0.25, -0.2) is 0 Å². The van der Waals surface area contributed by atoms with E-state index < -0.39 is 0 Å². The highest BCUT2D eigenvalue weighted by atomic mass is 35.5. The lowest BCUT2D eigenvalue weighted by Gasteiger charge is -1.98. The monoisotopic (exact) mass is 259 g/mol. The molecule has 0 fully saturated rings. The van der Waals surface area contributed by atoms with Crippen LogP contribution in [0.15, 0.2) is 18.2 Å². The molecular weight excluding hydrogens is 253 g/mol. The van der Waals surface area contributed by atoms with Crippen molar-refractivity contribution in [2.75, 3.05) is 12.4 Å². The zero-order valence-corrected chi connectivity index (χ0v) is 10.1. The fraction of sp³-hybridized carbons (Fsp3) is 0.111. The quantitative estimate of drug-likeness (QED) is 0.897. The average molecular weight is 260 g/mol. The summed E-state index contributed by atoms with van der Waals surface area (Å²) in [5.74, 6) is 0.655. The van der Waals surface area contributed by atoms with Crippen LogP contribution in [0.1, 0.15) is 0 Å². The molecule has 1 aromatic heterocycles. The van der Waals surface area contributed by atoms with E-state index >= 15 is 0 Å². The van der Waals surface area contributed by atoms with Gasteiger partial charge < -0.3 is 5.32 Å². The van der Waals surface area contributed by atoms with Crippen molar-refractivity contribution < 1.29 is 0 Å². The molecule has 0 unspecified atom stereocenters. The number of anilines is 1. The van der Waals surface area contributed by atoms with Crippen LogP contribution in [0.2, 0.25) is 10.0 Å². The van der Waals surface area contributed by atoms with Gasteiger partial charge in [-0.05, 0) is 18.2 Å². The minimum absolute atomic E-state index is 0.509. The van der Waals surface area contributed by atoms with E-state index in [0.717, 1.165) is 10.7 Å². The third-order valence-electron chi connectivity index (χ3n) is 1.82. The first-order chi connectivity index (χ1) is 7.20. The average Bonchev–Trinajstić information content (AvgIpc) is 2.70. The van der Waals surface area contributed by atoms with E-state index in [1.807, 2.05) is 6.07 Å². The van der Waals surface area contributed by atoms with Crippen molar-refractivity contribution in [1.29, 1.82) is 0 Å². The SMILES string of the molecule is CNc1nc(-c2ccc(Cl)c(Cl)c2)ns1. The number of halogens is 2. The molecule has 2 rings (SSSR count). The van der Waals surface area contributed by atoms with Crippen LogP contribution in [0.3, 0.4) is 0 Å². The van der Waals surface area contributed by atoms with E-state index in [1.165, 1.54) is 11.5 Å². The van der Waals surface area contributed by atoms with E-state index in [-0.39, 0.29) is 0 Å². The molecule has 78 valence electrons. The number of nitrogens with one attached hydrogen (secondary N) is 1. The fourth-order valence-electron chi connectivity index (χ4n) is 1.08. The first-order valence-electron chi connectivity index (χ1n) is 4.17. The molecule has 1 N–H and O–H groups in total. The Labute approximate surface area is 101 Å². The summed E-state index contributed by atoms with van der Waals surface area (Å²) in [5, 5.41) is 4.74. The summed E-state index contributed by atoms with van der Waals surface area (Å²) in [6, 6.07) is 5.33. The van der Waals surface area contributed by atoms with Gasteiger partial charge in [-0.3, -0.25) is 0 Å². The highest BCUT2D eigenvalue weighted by Gasteiger charge is 2.07. The summed E-state index contributed by atoms with van der Waals surface area (Å²) < 4.78 is 4.19. The van der Waals surface area contributed by atoms with Crippen LogP contribution in [0.4, 0.5) is 5.13 Å². The van der Waals surface area contributed by atoms with Crippen molar-refractivity contribution in [3.63, 3.8) is 0 Å². The number of hydrogen-bond acceptors (Lipinski definition) is 4. The molecule has 0 spiro atoms. The highest BCUT2D eigenvalue weighted by molar-refractivity contribution is 7.09. The second-order valence-corrected chi connectivity index (χ2v) is 4.37. The molecule has 3 nitrogen and oxygen atoms in total. The van der Waals surface area contributed by atoms with Crippen LogP contribution >= 0.6 is 34.7 Å². The van der Waals surface area contributed by atoms with Crippen molar-refractivity contribution >= 4 is 39.9 Å². The highest BCUT2D eigenvalue weighted by Crippen LogP contribution is 2.28. The molecule has 0 amide bonds. The third-order valence-corrected chi connectivity index (χ3v) is 3.29. The second kappa shape index (κ2) is 4.35. The largest absolute Gasteiger partial charge is 0.363 e. The maximum Gasteiger partial charge on any atom is 0.202 e. The Kier molecular flexibility index (Phi) is 3.09. The number of benzene rings is 1. The molecule has 0 aliphatic heterocycles. The molecular formula is C9H7Cl2N3S. The first-order valence-corrected chi connectivity index (χ1v) is 5.70. The zero-order chi connectivity index (χ0) is 10.8. The van der Waals surface area contributed by atoms with Crippen LogP contribution in [0, 0.1) is 0 Å². The predicted octanol–water partition coefficient (Wildman–Crippen LogP) is 3.55. The summed E-state index contributed by atoms with van der Waals surface area (Å²) in [6.07, 6.45) is 0. The van der Waals surface area contributed by atoms with E-state index in [9.17, 15) is 0 Å². The summed E-state index contributed by atoms with van der Waals surface area (Å²) in [7, 11) is 1.80. The Balaban J connectivity index is 2.40. The van der Waals surface area contributed by atoms with Gasteiger partial charge in [0.25, 0.3) is 0 Å². The number of hydrogen-bond donors (Lipinski definition) is 1. The molecule has 0 bridgehead atoms. The maximum atomic E-state index is 5.90. The standard InChI is InChI=1S/C9H7Cl2N3S/c1-12-9-13-8(14-15-9)5-2-3-6(10)7(11)4-5/h2-4H,1H3,(H,12,13,14). The Morgan fingerprint density at radius 2 is 2.07 bits per heavy atom. The molecule has 15 heavy (non-hydrogen) atoms. The Bertz CT molecular complexity index is 484. The smallest absolute Gasteiger partial charge is 0.202 e. The van der Waals surface area contributed by atoms with Gasteiger partial charge in [-0.1, -0.05) is 23.2 Å². The molecule has 0 saturated heterocycles. The topological polar surface area (TPSA) is 37.8 Å². The maximum absolute atomic E-state index is 5.90. The Hall–Kier alpha value is -0.840. The zero-order valence-electron chi connectivity index (χ0n) is 7.79. The molecule has 0 aliphatic rings. The van der Waals surface area contributed by atoms with E-state index in [0.29, 0.717) is 15.9 Å². The van der Waals surface area contributed by atoms with Crippen molar-refractivity contribution in [3.05, 3.63) is 28.2 Å². The van der Waals surface area contributed by atoms with Crippen molar-refractivity contribution in [3.8, 4) is 11.4 Å². The van der Waals surface area contributed by atoms with Crippen LogP contribution in [0.25, 0.3) is 11.4 Å². The molecule has 0 saturated carbocycles. The lowest BCUT2D eigenvalue weighted by atomic mass is 10.2. The molecule has 0 aliphatic carbocycles. The van der Waals surface area contributed by atoms with Crippen LogP contribution in [-0.2, 0) is 0 Å². The van der Waals surface area contributed by atoms with Gasteiger partial charge in [-0.15, -0.1) is 0 Å². The molecule has 6 heteroatoms. The van der Waals surface area contributed by atoms with Crippen molar-refractivity contribution in [1.82, 2.24) is 9.36 Å². The third kappa shape index (κ3) is 2.22. The van der Waals surface area contributed by atoms with Gasteiger partial charge >= 0.3 is 0 Å². The number of nitrogens with zero attached hydrogens (tertiary/aromatic N) is 2. The molecule has 0 radical (unpaired) electrons. The Morgan fingerprint density at radius 1 is 1.27 bits per heavy atom. The summed E-state index contributed by atoms with van der Waals surface area (Å²) in [4.78, 5) is 4.26. The number of rotatable bonds is 2. The minimum Gasteiger partial charge on any atom is -0.363 e. The van der Waals surface area contributed by atoms with E-state index in [4.69, 9.17) is 23.2 Å². The minimum atomic E-state index is 0.509. The van der Waals surface area contributed by atoms with Crippen molar-refractivity contribution in [2.45, 2.75) is 0 Å². The van der Waals surface area contributed by atoms with Crippen LogP contribution in [-0.4, -0.2) is 16.4 Å².